The second-order valence-corrected chi connectivity index (χ2v) is 4.34. The van der Waals surface area contributed by atoms with Crippen LogP contribution < -0.4 is 4.90 Å². The standard InChI is InChI=1S/C14H17N/c1-3-13-11-12(2)9-10-15(13)14-7-5-4-6-8-14/h1,4-8,12-13H,9-11H2,2H3. The van der Waals surface area contributed by atoms with Gasteiger partial charge in [-0.15, -0.1) is 6.42 Å². The molecule has 1 aromatic rings. The molecule has 2 rings (SSSR count). The maximum atomic E-state index is 5.60. The molecule has 2 atom stereocenters. The highest BCUT2D eigenvalue weighted by atomic mass is 15.2. The number of terminal acetylenes is 1. The summed E-state index contributed by atoms with van der Waals surface area (Å²) in [4.78, 5) is 2.35. The molecule has 0 N–H and O–H groups in total. The van der Waals surface area contributed by atoms with E-state index in [9.17, 15) is 0 Å². The van der Waals surface area contributed by atoms with Crippen molar-refractivity contribution in [3.63, 3.8) is 0 Å². The smallest absolute Gasteiger partial charge is 0.0903 e. The summed E-state index contributed by atoms with van der Waals surface area (Å²) in [7, 11) is 0. The van der Waals surface area contributed by atoms with Gasteiger partial charge in [0.25, 0.3) is 0 Å². The molecule has 1 aromatic carbocycles. The Bertz CT molecular complexity index is 349. The quantitative estimate of drug-likeness (QED) is 0.629. The third kappa shape index (κ3) is 2.15. The number of para-hydroxylation sites is 1. The van der Waals surface area contributed by atoms with Gasteiger partial charge in [-0.2, -0.15) is 0 Å². The predicted octanol–water partition coefficient (Wildman–Crippen LogP) is 2.92. The Morgan fingerprint density at radius 1 is 1.33 bits per heavy atom. The molecule has 1 aliphatic heterocycles. The SMILES string of the molecule is C#CC1CC(C)CCN1c1ccccc1. The lowest BCUT2D eigenvalue weighted by molar-refractivity contribution is 0.403. The van der Waals surface area contributed by atoms with Crippen molar-refractivity contribution in [1.82, 2.24) is 0 Å². The van der Waals surface area contributed by atoms with Crippen molar-refractivity contribution < 1.29 is 0 Å². The molecule has 78 valence electrons. The van der Waals surface area contributed by atoms with E-state index in [1.807, 2.05) is 6.07 Å². The molecule has 1 nitrogen and oxygen atoms in total. The van der Waals surface area contributed by atoms with Gasteiger partial charge in [0.1, 0.15) is 0 Å². The third-order valence-corrected chi connectivity index (χ3v) is 3.14. The third-order valence-electron chi connectivity index (χ3n) is 3.14. The molecule has 0 bridgehead atoms. The normalized spacial score (nSPS) is 26.0. The molecule has 0 amide bonds. The molecule has 0 spiro atoms. The Balaban J connectivity index is 2.19. The molecule has 1 heteroatoms. The summed E-state index contributed by atoms with van der Waals surface area (Å²) in [5.41, 5.74) is 1.26. The van der Waals surface area contributed by atoms with Gasteiger partial charge < -0.3 is 4.90 Å². The molecule has 1 fully saturated rings. The highest BCUT2D eigenvalue weighted by Crippen LogP contribution is 2.27. The van der Waals surface area contributed by atoms with Crippen LogP contribution in [-0.4, -0.2) is 12.6 Å². The number of benzene rings is 1. The lowest BCUT2D eigenvalue weighted by Gasteiger charge is -2.37. The van der Waals surface area contributed by atoms with E-state index < -0.39 is 0 Å². The Morgan fingerprint density at radius 3 is 2.73 bits per heavy atom. The maximum absolute atomic E-state index is 5.60. The summed E-state index contributed by atoms with van der Waals surface area (Å²) in [6, 6.07) is 10.7. The highest BCUT2D eigenvalue weighted by molar-refractivity contribution is 5.49. The van der Waals surface area contributed by atoms with Crippen molar-refractivity contribution >= 4 is 5.69 Å². The summed E-state index contributed by atoms with van der Waals surface area (Å²) in [5, 5.41) is 0. The van der Waals surface area contributed by atoms with Crippen molar-refractivity contribution in [2.45, 2.75) is 25.8 Å². The average Bonchev–Trinajstić information content (AvgIpc) is 2.30. The number of rotatable bonds is 1. The second-order valence-electron chi connectivity index (χ2n) is 4.34. The van der Waals surface area contributed by atoms with E-state index in [1.54, 1.807) is 0 Å². The molecule has 0 aromatic heterocycles. The number of piperidine rings is 1. The van der Waals surface area contributed by atoms with E-state index in [1.165, 1.54) is 12.1 Å². The summed E-state index contributed by atoms with van der Waals surface area (Å²) >= 11 is 0. The Kier molecular flexibility index (Phi) is 2.97. The molecule has 1 aliphatic rings. The molecule has 15 heavy (non-hydrogen) atoms. The zero-order valence-corrected chi connectivity index (χ0v) is 9.19. The summed E-state index contributed by atoms with van der Waals surface area (Å²) in [6.45, 7) is 3.37. The number of anilines is 1. The van der Waals surface area contributed by atoms with Gasteiger partial charge in [-0.1, -0.05) is 31.0 Å². The molecule has 0 radical (unpaired) electrons. The highest BCUT2D eigenvalue weighted by Gasteiger charge is 2.24. The van der Waals surface area contributed by atoms with Crippen LogP contribution in [0.4, 0.5) is 5.69 Å². The minimum atomic E-state index is 0.274. The number of hydrogen-bond acceptors (Lipinski definition) is 1. The fourth-order valence-corrected chi connectivity index (χ4v) is 2.23. The Hall–Kier alpha value is -1.42. The molecule has 0 aliphatic carbocycles. The van der Waals surface area contributed by atoms with E-state index in [2.05, 4.69) is 42.0 Å². The first-order valence-corrected chi connectivity index (χ1v) is 5.59. The van der Waals surface area contributed by atoms with E-state index >= 15 is 0 Å². The zero-order chi connectivity index (χ0) is 10.7. The topological polar surface area (TPSA) is 3.24 Å². The molecule has 2 unspecified atom stereocenters. The van der Waals surface area contributed by atoms with Gasteiger partial charge >= 0.3 is 0 Å². The minimum absolute atomic E-state index is 0.274. The van der Waals surface area contributed by atoms with Crippen LogP contribution in [0.1, 0.15) is 19.8 Å². The molecule has 1 saturated heterocycles. The summed E-state index contributed by atoms with van der Waals surface area (Å²) < 4.78 is 0. The van der Waals surface area contributed by atoms with Gasteiger partial charge in [0.15, 0.2) is 0 Å². The predicted molar refractivity (Wildman–Crippen MR) is 64.8 cm³/mol. The van der Waals surface area contributed by atoms with E-state index in [0.29, 0.717) is 0 Å². The van der Waals surface area contributed by atoms with Crippen LogP contribution in [0, 0.1) is 18.3 Å². The van der Waals surface area contributed by atoms with Crippen molar-refractivity contribution in [1.29, 1.82) is 0 Å². The number of hydrogen-bond donors (Lipinski definition) is 0. The fraction of sp³-hybridized carbons (Fsp3) is 0.429. The van der Waals surface area contributed by atoms with E-state index in [-0.39, 0.29) is 6.04 Å². The van der Waals surface area contributed by atoms with E-state index in [0.717, 1.165) is 18.9 Å². The Morgan fingerprint density at radius 2 is 2.07 bits per heavy atom. The van der Waals surface area contributed by atoms with Crippen LogP contribution in [0.25, 0.3) is 0 Å². The van der Waals surface area contributed by atoms with Gasteiger partial charge in [-0.05, 0) is 30.9 Å². The van der Waals surface area contributed by atoms with Gasteiger partial charge in [-0.25, -0.2) is 0 Å². The van der Waals surface area contributed by atoms with Crippen LogP contribution in [0.5, 0.6) is 0 Å². The van der Waals surface area contributed by atoms with Crippen LogP contribution in [0.2, 0.25) is 0 Å². The van der Waals surface area contributed by atoms with Crippen molar-refractivity contribution in [2.24, 2.45) is 5.92 Å². The largest absolute Gasteiger partial charge is 0.358 e. The zero-order valence-electron chi connectivity index (χ0n) is 9.19. The molecule has 0 saturated carbocycles. The van der Waals surface area contributed by atoms with Gasteiger partial charge in [0.05, 0.1) is 6.04 Å². The van der Waals surface area contributed by atoms with Crippen LogP contribution in [-0.2, 0) is 0 Å². The Labute approximate surface area is 92.1 Å². The van der Waals surface area contributed by atoms with Crippen LogP contribution in [0.15, 0.2) is 30.3 Å². The first-order chi connectivity index (χ1) is 7.31. The van der Waals surface area contributed by atoms with Gasteiger partial charge in [0, 0.05) is 12.2 Å². The van der Waals surface area contributed by atoms with Crippen LogP contribution >= 0.6 is 0 Å². The molecular weight excluding hydrogens is 182 g/mol. The van der Waals surface area contributed by atoms with Gasteiger partial charge in [-0.3, -0.25) is 0 Å². The van der Waals surface area contributed by atoms with Crippen molar-refractivity contribution in [3.05, 3.63) is 30.3 Å². The minimum Gasteiger partial charge on any atom is -0.358 e. The lowest BCUT2D eigenvalue weighted by Crippen LogP contribution is -2.41. The first-order valence-electron chi connectivity index (χ1n) is 5.59. The average molecular weight is 199 g/mol. The first kappa shape index (κ1) is 10.1. The summed E-state index contributed by atoms with van der Waals surface area (Å²) in [6.07, 6.45) is 7.96. The fourth-order valence-electron chi connectivity index (χ4n) is 2.23. The monoisotopic (exact) mass is 199 g/mol. The van der Waals surface area contributed by atoms with Crippen LogP contribution in [0.3, 0.4) is 0 Å². The summed E-state index contributed by atoms with van der Waals surface area (Å²) in [5.74, 6) is 3.66. The lowest BCUT2D eigenvalue weighted by atomic mass is 9.92. The van der Waals surface area contributed by atoms with Crippen molar-refractivity contribution in [2.75, 3.05) is 11.4 Å². The van der Waals surface area contributed by atoms with Crippen molar-refractivity contribution in [3.8, 4) is 12.3 Å². The van der Waals surface area contributed by atoms with Gasteiger partial charge in [0.2, 0.25) is 0 Å². The van der Waals surface area contributed by atoms with E-state index in [4.69, 9.17) is 6.42 Å². The molecular formula is C14H17N. The second kappa shape index (κ2) is 4.40. The molecule has 1 heterocycles. The number of nitrogens with zero attached hydrogens (tertiary/aromatic N) is 1. The maximum Gasteiger partial charge on any atom is 0.0903 e.